The van der Waals surface area contributed by atoms with Gasteiger partial charge in [0, 0.05) is 31.2 Å². The number of amides is 1. The Hall–Kier alpha value is -1.43. The van der Waals surface area contributed by atoms with Gasteiger partial charge in [-0.05, 0) is 24.7 Å². The maximum Gasteiger partial charge on any atom is 0.239 e. The van der Waals surface area contributed by atoms with E-state index < -0.39 is 0 Å². The average molecular weight is 335 g/mol. The van der Waals surface area contributed by atoms with Crippen molar-refractivity contribution in [2.75, 3.05) is 13.1 Å². The van der Waals surface area contributed by atoms with Gasteiger partial charge in [0.15, 0.2) is 0 Å². The van der Waals surface area contributed by atoms with Crippen LogP contribution < -0.4 is 5.73 Å². The van der Waals surface area contributed by atoms with Crippen LogP contribution in [0.25, 0.3) is 0 Å². The Balaban J connectivity index is 1.85. The molecule has 1 aliphatic rings. The molecule has 6 nitrogen and oxygen atoms in total. The van der Waals surface area contributed by atoms with Crippen LogP contribution in [0, 0.1) is 11.8 Å². The van der Waals surface area contributed by atoms with E-state index in [0.717, 1.165) is 44.6 Å². The quantitative estimate of drug-likeness (QED) is 0.895. The normalized spacial score (nSPS) is 19.3. The van der Waals surface area contributed by atoms with Crippen LogP contribution in [-0.2, 0) is 16.8 Å². The highest BCUT2D eigenvalue weighted by Gasteiger charge is 2.29. The Labute approximate surface area is 145 Å². The molecule has 1 amide bonds. The molecule has 1 aliphatic heterocycles. The largest absolute Gasteiger partial charge is 0.341 e. The number of rotatable bonds is 5. The number of nitrogens with zero attached hydrogens (tertiary/aromatic N) is 4. The van der Waals surface area contributed by atoms with Crippen LogP contribution in [-0.4, -0.2) is 44.9 Å². The number of carbonyl (C=O) groups is 1. The van der Waals surface area contributed by atoms with E-state index in [2.05, 4.69) is 44.2 Å². The van der Waals surface area contributed by atoms with Crippen LogP contribution in [0.4, 0.5) is 0 Å². The molecule has 136 valence electrons. The fourth-order valence-electron chi connectivity index (χ4n) is 3.04. The lowest BCUT2D eigenvalue weighted by Gasteiger charge is -2.34. The first-order valence-electron chi connectivity index (χ1n) is 9.17. The molecule has 0 unspecified atom stereocenters. The minimum atomic E-state index is -0.365. The smallest absolute Gasteiger partial charge is 0.239 e. The fourth-order valence-corrected chi connectivity index (χ4v) is 3.04. The van der Waals surface area contributed by atoms with E-state index in [4.69, 9.17) is 5.73 Å². The van der Waals surface area contributed by atoms with Crippen LogP contribution >= 0.6 is 0 Å². The van der Waals surface area contributed by atoms with E-state index in [-0.39, 0.29) is 23.3 Å². The molecule has 1 aromatic heterocycles. The van der Waals surface area contributed by atoms with Crippen molar-refractivity contribution in [3.8, 4) is 0 Å². The molecule has 0 bridgehead atoms. The first-order valence-corrected chi connectivity index (χ1v) is 9.17. The van der Waals surface area contributed by atoms with Crippen molar-refractivity contribution < 1.29 is 4.79 Å². The fraction of sp³-hybridized carbons (Fsp3) is 0.833. The van der Waals surface area contributed by atoms with Crippen LogP contribution in [0.1, 0.15) is 59.6 Å². The second-order valence-corrected chi connectivity index (χ2v) is 8.26. The van der Waals surface area contributed by atoms with Crippen LogP contribution in [0.5, 0.6) is 0 Å². The Morgan fingerprint density at radius 3 is 2.50 bits per heavy atom. The van der Waals surface area contributed by atoms with Gasteiger partial charge in [-0.1, -0.05) is 46.3 Å². The highest BCUT2D eigenvalue weighted by atomic mass is 16.2. The number of piperidine rings is 1. The predicted molar refractivity (Wildman–Crippen MR) is 95.5 cm³/mol. The molecule has 2 atom stereocenters. The summed E-state index contributed by atoms with van der Waals surface area (Å²) < 4.78 is 1.95. The maximum absolute atomic E-state index is 12.5. The number of aromatic nitrogens is 3. The Bertz CT molecular complexity index is 540. The van der Waals surface area contributed by atoms with E-state index >= 15 is 0 Å². The average Bonchev–Trinajstić information content (AvgIpc) is 3.02. The molecule has 0 radical (unpaired) electrons. The summed E-state index contributed by atoms with van der Waals surface area (Å²) in [6.07, 6.45) is 5.00. The van der Waals surface area contributed by atoms with Crippen molar-refractivity contribution in [1.29, 1.82) is 0 Å². The van der Waals surface area contributed by atoms with Gasteiger partial charge in [-0.2, -0.15) is 0 Å². The lowest BCUT2D eigenvalue weighted by atomic mass is 9.93. The van der Waals surface area contributed by atoms with Crippen molar-refractivity contribution in [1.82, 2.24) is 19.9 Å². The molecule has 0 saturated carbocycles. The van der Waals surface area contributed by atoms with E-state index in [0.29, 0.717) is 5.92 Å². The summed E-state index contributed by atoms with van der Waals surface area (Å²) in [5.41, 5.74) is 7.14. The van der Waals surface area contributed by atoms with E-state index in [1.54, 1.807) is 0 Å². The summed E-state index contributed by atoms with van der Waals surface area (Å²) in [5.74, 6) is 0.892. The van der Waals surface area contributed by atoms with Gasteiger partial charge >= 0.3 is 0 Å². The topological polar surface area (TPSA) is 77.0 Å². The molecule has 1 aromatic rings. The Morgan fingerprint density at radius 2 is 2.00 bits per heavy atom. The summed E-state index contributed by atoms with van der Waals surface area (Å²) in [7, 11) is 0. The number of hydrogen-bond donors (Lipinski definition) is 1. The molecule has 2 heterocycles. The molecular weight excluding hydrogens is 302 g/mol. The van der Waals surface area contributed by atoms with Crippen molar-refractivity contribution >= 4 is 5.91 Å². The predicted octanol–water partition coefficient (Wildman–Crippen LogP) is 2.19. The van der Waals surface area contributed by atoms with Gasteiger partial charge in [-0.3, -0.25) is 9.48 Å². The van der Waals surface area contributed by atoms with Gasteiger partial charge in [-0.25, -0.2) is 0 Å². The summed E-state index contributed by atoms with van der Waals surface area (Å²) in [5, 5.41) is 8.54. The van der Waals surface area contributed by atoms with Gasteiger partial charge in [0.05, 0.1) is 11.7 Å². The van der Waals surface area contributed by atoms with Crippen LogP contribution in [0.2, 0.25) is 0 Å². The zero-order valence-corrected chi connectivity index (χ0v) is 15.8. The van der Waals surface area contributed by atoms with Gasteiger partial charge in [0.2, 0.25) is 5.91 Å². The summed E-state index contributed by atoms with van der Waals surface area (Å²) >= 11 is 0. The molecule has 24 heavy (non-hydrogen) atoms. The first-order chi connectivity index (χ1) is 11.2. The molecule has 6 heteroatoms. The maximum atomic E-state index is 12.5. The molecule has 0 aromatic carbocycles. The number of nitrogens with two attached hydrogens (primary N) is 1. The number of carbonyl (C=O) groups excluding carboxylic acids is 1. The highest BCUT2D eigenvalue weighted by molar-refractivity contribution is 5.82. The van der Waals surface area contributed by atoms with Crippen LogP contribution in [0.3, 0.4) is 0 Å². The third-order valence-electron chi connectivity index (χ3n) is 5.22. The van der Waals surface area contributed by atoms with E-state index in [1.807, 2.05) is 16.5 Å². The summed E-state index contributed by atoms with van der Waals surface area (Å²) in [4.78, 5) is 14.4. The molecule has 0 spiro atoms. The van der Waals surface area contributed by atoms with Crippen molar-refractivity contribution in [3.05, 3.63) is 11.9 Å². The van der Waals surface area contributed by atoms with E-state index in [1.165, 1.54) is 0 Å². The standard InChI is InChI=1S/C18H33N5O/c1-6-13(2)16(19)17(24)22-9-7-14(8-10-22)11-23-12-15(20-21-23)18(3,4)5/h12-14,16H,6-11,19H2,1-5H3/t13-,16-/m0/s1. The second kappa shape index (κ2) is 7.64. The highest BCUT2D eigenvalue weighted by Crippen LogP contribution is 2.22. The molecule has 1 saturated heterocycles. The molecule has 1 fully saturated rings. The third kappa shape index (κ3) is 4.56. The minimum Gasteiger partial charge on any atom is -0.341 e. The Morgan fingerprint density at radius 1 is 1.38 bits per heavy atom. The Kier molecular flexibility index (Phi) is 6.01. The SMILES string of the molecule is CC[C@H](C)[C@H](N)C(=O)N1CCC(Cn2cc(C(C)(C)C)nn2)CC1. The number of likely N-dealkylation sites (tertiary alicyclic amines) is 1. The zero-order chi connectivity index (χ0) is 17.9. The third-order valence-corrected chi connectivity index (χ3v) is 5.22. The van der Waals surface area contributed by atoms with Gasteiger partial charge < -0.3 is 10.6 Å². The lowest BCUT2D eigenvalue weighted by molar-refractivity contribution is -0.135. The summed E-state index contributed by atoms with van der Waals surface area (Å²) in [6, 6.07) is -0.365. The van der Waals surface area contributed by atoms with Crippen molar-refractivity contribution in [2.24, 2.45) is 17.6 Å². The molecule has 0 aliphatic carbocycles. The van der Waals surface area contributed by atoms with Crippen LogP contribution in [0.15, 0.2) is 6.20 Å². The van der Waals surface area contributed by atoms with Crippen molar-refractivity contribution in [2.45, 2.75) is 71.9 Å². The first kappa shape index (κ1) is 18.9. The van der Waals surface area contributed by atoms with Crippen molar-refractivity contribution in [3.63, 3.8) is 0 Å². The minimum absolute atomic E-state index is 0.0279. The molecular formula is C18H33N5O. The van der Waals surface area contributed by atoms with Gasteiger partial charge in [0.25, 0.3) is 0 Å². The zero-order valence-electron chi connectivity index (χ0n) is 15.8. The monoisotopic (exact) mass is 335 g/mol. The molecule has 2 N–H and O–H groups in total. The second-order valence-electron chi connectivity index (χ2n) is 8.26. The van der Waals surface area contributed by atoms with Gasteiger partial charge in [-0.15, -0.1) is 5.10 Å². The molecule has 2 rings (SSSR count). The van der Waals surface area contributed by atoms with Gasteiger partial charge in [0.1, 0.15) is 0 Å². The summed E-state index contributed by atoms with van der Waals surface area (Å²) in [6.45, 7) is 13.0. The lowest BCUT2D eigenvalue weighted by Crippen LogP contribution is -2.49. The van der Waals surface area contributed by atoms with E-state index in [9.17, 15) is 4.79 Å². The number of hydrogen-bond acceptors (Lipinski definition) is 4.